The summed E-state index contributed by atoms with van der Waals surface area (Å²) in [5, 5.41) is 9.41. The van der Waals surface area contributed by atoms with Crippen LogP contribution in [0.5, 0.6) is 5.75 Å². The van der Waals surface area contributed by atoms with Crippen molar-refractivity contribution in [2.24, 2.45) is 5.92 Å². The molecule has 1 atom stereocenters. The molecule has 3 rings (SSSR count). The number of rotatable bonds is 5. The highest BCUT2D eigenvalue weighted by atomic mass is 16.5. The van der Waals surface area contributed by atoms with Gasteiger partial charge in [0.1, 0.15) is 11.5 Å². The molecule has 5 heteroatoms. The lowest BCUT2D eigenvalue weighted by Gasteiger charge is -2.31. The summed E-state index contributed by atoms with van der Waals surface area (Å²) in [5.41, 5.74) is 4.16. The number of likely N-dealkylation sites (tertiary alicyclic amines) is 1. The van der Waals surface area contributed by atoms with Gasteiger partial charge in [-0.3, -0.25) is 4.90 Å². The van der Waals surface area contributed by atoms with Crippen LogP contribution in [0.15, 0.2) is 16.5 Å². The van der Waals surface area contributed by atoms with Crippen LogP contribution in [0.2, 0.25) is 0 Å². The quantitative estimate of drug-likeness (QED) is 0.900. The van der Waals surface area contributed by atoms with E-state index in [1.807, 2.05) is 26.8 Å². The molecule has 1 aromatic heterocycles. The van der Waals surface area contributed by atoms with Gasteiger partial charge in [0.2, 0.25) is 5.89 Å². The largest absolute Gasteiger partial charge is 0.496 e. The third-order valence-electron chi connectivity index (χ3n) is 5.10. The fourth-order valence-electron chi connectivity index (χ4n) is 3.59. The number of ether oxygens (including phenoxy) is 1. The number of methoxy groups -OCH3 is 1. The van der Waals surface area contributed by atoms with Gasteiger partial charge in [0, 0.05) is 25.3 Å². The fraction of sp³-hybridized carbons (Fsp3) is 0.550. The van der Waals surface area contributed by atoms with E-state index < -0.39 is 0 Å². The summed E-state index contributed by atoms with van der Waals surface area (Å²) in [4.78, 5) is 7.14. The number of oxazole rings is 1. The monoisotopic (exact) mass is 344 g/mol. The third-order valence-corrected chi connectivity index (χ3v) is 5.10. The minimum absolute atomic E-state index is 0.268. The molecule has 0 aliphatic carbocycles. The highest BCUT2D eigenvalue weighted by Crippen LogP contribution is 2.31. The molecular weight excluding hydrogens is 316 g/mol. The molecule has 1 aliphatic heterocycles. The van der Waals surface area contributed by atoms with Gasteiger partial charge in [-0.2, -0.15) is 0 Å². The first-order chi connectivity index (χ1) is 12.0. The number of benzene rings is 1. The molecule has 0 bridgehead atoms. The maximum Gasteiger partial charge on any atom is 0.226 e. The van der Waals surface area contributed by atoms with Crippen molar-refractivity contribution in [1.82, 2.24) is 9.88 Å². The summed E-state index contributed by atoms with van der Waals surface area (Å²) in [5.74, 6) is 2.81. The second-order valence-electron chi connectivity index (χ2n) is 7.08. The molecule has 2 aromatic rings. The molecule has 136 valence electrons. The number of hydrogen-bond acceptors (Lipinski definition) is 5. The van der Waals surface area contributed by atoms with Crippen molar-refractivity contribution < 1.29 is 14.3 Å². The minimum Gasteiger partial charge on any atom is -0.496 e. The number of nitrogens with zero attached hydrogens (tertiary/aromatic N) is 2. The maximum absolute atomic E-state index is 9.41. The molecule has 0 unspecified atom stereocenters. The third kappa shape index (κ3) is 3.88. The smallest absolute Gasteiger partial charge is 0.226 e. The number of aliphatic hydroxyl groups excluding tert-OH is 1. The van der Waals surface area contributed by atoms with E-state index >= 15 is 0 Å². The van der Waals surface area contributed by atoms with Gasteiger partial charge >= 0.3 is 0 Å². The van der Waals surface area contributed by atoms with E-state index in [-0.39, 0.29) is 6.61 Å². The van der Waals surface area contributed by atoms with Gasteiger partial charge in [-0.1, -0.05) is 0 Å². The lowest BCUT2D eigenvalue weighted by atomic mass is 9.99. The van der Waals surface area contributed by atoms with E-state index in [2.05, 4.69) is 11.0 Å². The van der Waals surface area contributed by atoms with Crippen LogP contribution in [0.25, 0.3) is 11.5 Å². The Morgan fingerprint density at radius 1 is 1.28 bits per heavy atom. The Labute approximate surface area is 149 Å². The molecule has 5 nitrogen and oxygen atoms in total. The van der Waals surface area contributed by atoms with E-state index in [1.54, 1.807) is 7.11 Å². The second kappa shape index (κ2) is 7.58. The molecule has 1 saturated heterocycles. The zero-order valence-electron chi connectivity index (χ0n) is 15.6. The fourth-order valence-corrected chi connectivity index (χ4v) is 3.59. The molecule has 0 amide bonds. The van der Waals surface area contributed by atoms with Crippen LogP contribution >= 0.6 is 0 Å². The van der Waals surface area contributed by atoms with E-state index in [0.717, 1.165) is 66.4 Å². The molecular formula is C20H28N2O3. The molecule has 2 heterocycles. The lowest BCUT2D eigenvalue weighted by molar-refractivity contribution is 0.115. The van der Waals surface area contributed by atoms with Crippen molar-refractivity contribution in [3.63, 3.8) is 0 Å². The Bertz CT molecular complexity index is 739. The first kappa shape index (κ1) is 18.0. The molecule has 1 fully saturated rings. The SMILES string of the molecule is COc1cc(C)c(-c2nc(CN3CCC[C@@H](CO)C3)c(C)o2)cc1C. The van der Waals surface area contributed by atoms with Crippen molar-refractivity contribution in [1.29, 1.82) is 0 Å². The highest BCUT2D eigenvalue weighted by molar-refractivity contribution is 5.62. The normalized spacial score (nSPS) is 18.5. The van der Waals surface area contributed by atoms with Crippen LogP contribution < -0.4 is 4.74 Å². The molecule has 0 radical (unpaired) electrons. The molecule has 1 aromatic carbocycles. The number of aryl methyl sites for hydroxylation is 3. The Morgan fingerprint density at radius 3 is 2.80 bits per heavy atom. The summed E-state index contributed by atoms with van der Waals surface area (Å²) in [6, 6.07) is 4.10. The zero-order valence-corrected chi connectivity index (χ0v) is 15.6. The van der Waals surface area contributed by atoms with Gasteiger partial charge in [-0.05, 0) is 69.3 Å². The Hall–Kier alpha value is -1.85. The molecule has 0 saturated carbocycles. The predicted octanol–water partition coefficient (Wildman–Crippen LogP) is 3.48. The average Bonchev–Trinajstić information content (AvgIpc) is 2.97. The van der Waals surface area contributed by atoms with Gasteiger partial charge in [-0.15, -0.1) is 0 Å². The zero-order chi connectivity index (χ0) is 18.0. The summed E-state index contributed by atoms with van der Waals surface area (Å²) in [6.07, 6.45) is 2.24. The van der Waals surface area contributed by atoms with Crippen molar-refractivity contribution in [2.45, 2.75) is 40.2 Å². The van der Waals surface area contributed by atoms with Crippen LogP contribution in [-0.4, -0.2) is 41.8 Å². The first-order valence-corrected chi connectivity index (χ1v) is 8.97. The topological polar surface area (TPSA) is 58.7 Å². The second-order valence-corrected chi connectivity index (χ2v) is 7.08. The van der Waals surface area contributed by atoms with Crippen LogP contribution in [-0.2, 0) is 6.54 Å². The first-order valence-electron chi connectivity index (χ1n) is 8.97. The maximum atomic E-state index is 9.41. The number of aromatic nitrogens is 1. The van der Waals surface area contributed by atoms with E-state index in [1.165, 1.54) is 0 Å². The summed E-state index contributed by atoms with van der Waals surface area (Å²) in [7, 11) is 1.69. The van der Waals surface area contributed by atoms with Gasteiger partial charge in [0.15, 0.2) is 0 Å². The molecule has 1 aliphatic rings. The van der Waals surface area contributed by atoms with Crippen LogP contribution in [0.4, 0.5) is 0 Å². The summed E-state index contributed by atoms with van der Waals surface area (Å²) in [6.45, 7) is 9.08. The van der Waals surface area contributed by atoms with Gasteiger partial charge in [-0.25, -0.2) is 4.98 Å². The highest BCUT2D eigenvalue weighted by Gasteiger charge is 2.22. The van der Waals surface area contributed by atoms with Crippen molar-refractivity contribution in [2.75, 3.05) is 26.8 Å². The minimum atomic E-state index is 0.268. The van der Waals surface area contributed by atoms with Crippen molar-refractivity contribution in [3.05, 3.63) is 34.7 Å². The number of piperidine rings is 1. The summed E-state index contributed by atoms with van der Waals surface area (Å²) < 4.78 is 11.4. The number of aliphatic hydroxyl groups is 1. The van der Waals surface area contributed by atoms with E-state index in [9.17, 15) is 5.11 Å². The van der Waals surface area contributed by atoms with Gasteiger partial charge < -0.3 is 14.3 Å². The Morgan fingerprint density at radius 2 is 2.08 bits per heavy atom. The number of hydrogen-bond donors (Lipinski definition) is 1. The van der Waals surface area contributed by atoms with E-state index in [0.29, 0.717) is 11.8 Å². The summed E-state index contributed by atoms with van der Waals surface area (Å²) >= 11 is 0. The molecule has 0 spiro atoms. The molecule has 1 N–H and O–H groups in total. The van der Waals surface area contributed by atoms with Crippen LogP contribution in [0, 0.1) is 26.7 Å². The van der Waals surface area contributed by atoms with Crippen LogP contribution in [0.1, 0.15) is 35.4 Å². The van der Waals surface area contributed by atoms with E-state index in [4.69, 9.17) is 14.1 Å². The standard InChI is InChI=1S/C20H28N2O3/c1-13-9-19(24-4)14(2)8-17(13)20-21-18(15(3)25-20)11-22-7-5-6-16(10-22)12-23/h8-9,16,23H,5-7,10-12H2,1-4H3/t16-/m1/s1. The predicted molar refractivity (Wildman–Crippen MR) is 97.8 cm³/mol. The van der Waals surface area contributed by atoms with Crippen molar-refractivity contribution in [3.8, 4) is 17.2 Å². The Balaban J connectivity index is 1.82. The van der Waals surface area contributed by atoms with Crippen LogP contribution in [0.3, 0.4) is 0 Å². The van der Waals surface area contributed by atoms with Gasteiger partial charge in [0.05, 0.1) is 12.8 Å². The molecule has 25 heavy (non-hydrogen) atoms. The van der Waals surface area contributed by atoms with Crippen molar-refractivity contribution >= 4 is 0 Å². The average molecular weight is 344 g/mol. The van der Waals surface area contributed by atoms with Gasteiger partial charge in [0.25, 0.3) is 0 Å². The lowest BCUT2D eigenvalue weighted by Crippen LogP contribution is -2.36. The Kier molecular flexibility index (Phi) is 5.45.